The molecule has 2 nitrogen and oxygen atoms in total. The van der Waals surface area contributed by atoms with Crippen molar-refractivity contribution in [2.24, 2.45) is 5.92 Å². The van der Waals surface area contributed by atoms with E-state index in [1.165, 1.54) is 13.8 Å². The van der Waals surface area contributed by atoms with Crippen LogP contribution in [0.3, 0.4) is 0 Å². The molecule has 1 aromatic carbocycles. The van der Waals surface area contributed by atoms with Crippen LogP contribution in [-0.2, 0) is 6.42 Å². The number of carbonyl (C=O) groups excluding carboxylic acids is 1. The summed E-state index contributed by atoms with van der Waals surface area (Å²) in [5.74, 6) is 0.339. The van der Waals surface area contributed by atoms with Gasteiger partial charge < -0.3 is 5.11 Å². The van der Waals surface area contributed by atoms with E-state index in [1.807, 2.05) is 18.2 Å². The molecule has 0 aliphatic carbocycles. The Morgan fingerprint density at radius 2 is 2.00 bits per heavy atom. The van der Waals surface area contributed by atoms with Gasteiger partial charge in [0.2, 0.25) is 0 Å². The van der Waals surface area contributed by atoms with Gasteiger partial charge in [-0.15, -0.1) is 0 Å². The second-order valence-electron chi connectivity index (χ2n) is 5.19. The van der Waals surface area contributed by atoms with E-state index in [9.17, 15) is 9.90 Å². The fraction of sp³-hybridized carbons (Fsp3) is 0.500. The van der Waals surface area contributed by atoms with E-state index < -0.39 is 5.60 Å². The number of hydrogen-bond donors (Lipinski definition) is 1. The molecule has 0 heterocycles. The first kappa shape index (κ1) is 12.9. The summed E-state index contributed by atoms with van der Waals surface area (Å²) < 4.78 is 0. The van der Waals surface area contributed by atoms with Gasteiger partial charge in [-0.3, -0.25) is 4.79 Å². The molecular formula is C14H20O2. The van der Waals surface area contributed by atoms with E-state index in [0.29, 0.717) is 11.5 Å². The van der Waals surface area contributed by atoms with Crippen LogP contribution in [0.1, 0.15) is 43.6 Å². The fourth-order valence-corrected chi connectivity index (χ4v) is 1.66. The molecule has 0 saturated heterocycles. The number of benzene rings is 1. The Kier molecular flexibility index (Phi) is 3.87. The normalized spacial score (nSPS) is 11.9. The third-order valence-corrected chi connectivity index (χ3v) is 2.39. The van der Waals surface area contributed by atoms with E-state index in [1.54, 1.807) is 6.07 Å². The fourth-order valence-electron chi connectivity index (χ4n) is 1.66. The first-order valence-corrected chi connectivity index (χ1v) is 5.67. The molecule has 1 aromatic rings. The molecule has 16 heavy (non-hydrogen) atoms. The lowest BCUT2D eigenvalue weighted by atomic mass is 9.94. The molecule has 88 valence electrons. The van der Waals surface area contributed by atoms with Gasteiger partial charge >= 0.3 is 0 Å². The van der Waals surface area contributed by atoms with Crippen molar-refractivity contribution >= 4 is 5.78 Å². The largest absolute Gasteiger partial charge is 0.382 e. The number of rotatable bonds is 4. The van der Waals surface area contributed by atoms with E-state index in [-0.39, 0.29) is 5.78 Å². The van der Waals surface area contributed by atoms with Crippen LogP contribution < -0.4 is 0 Å². The highest BCUT2D eigenvalue weighted by Crippen LogP contribution is 2.16. The zero-order valence-electron chi connectivity index (χ0n) is 10.4. The van der Waals surface area contributed by atoms with Crippen molar-refractivity contribution in [3.8, 4) is 0 Å². The van der Waals surface area contributed by atoms with E-state index in [2.05, 4.69) is 13.8 Å². The second kappa shape index (κ2) is 4.79. The van der Waals surface area contributed by atoms with Crippen molar-refractivity contribution in [1.82, 2.24) is 0 Å². The molecule has 0 aromatic heterocycles. The van der Waals surface area contributed by atoms with Crippen LogP contribution >= 0.6 is 0 Å². The molecule has 0 aliphatic heterocycles. The van der Waals surface area contributed by atoms with Crippen molar-refractivity contribution in [2.75, 3.05) is 0 Å². The Morgan fingerprint density at radius 3 is 2.50 bits per heavy atom. The summed E-state index contributed by atoms with van der Waals surface area (Å²) in [6, 6.07) is 7.52. The second-order valence-corrected chi connectivity index (χ2v) is 5.19. The Hall–Kier alpha value is -1.15. The van der Waals surface area contributed by atoms with Crippen LogP contribution in [0.2, 0.25) is 0 Å². The Morgan fingerprint density at radius 1 is 1.38 bits per heavy atom. The van der Waals surface area contributed by atoms with Crippen molar-refractivity contribution < 1.29 is 9.90 Å². The van der Waals surface area contributed by atoms with Crippen molar-refractivity contribution in [3.05, 3.63) is 35.4 Å². The number of hydrogen-bond acceptors (Lipinski definition) is 2. The van der Waals surface area contributed by atoms with Gasteiger partial charge in [0.1, 0.15) is 5.60 Å². The van der Waals surface area contributed by atoms with E-state index in [0.717, 1.165) is 12.0 Å². The minimum atomic E-state index is -1.30. The van der Waals surface area contributed by atoms with Gasteiger partial charge in [-0.25, -0.2) is 0 Å². The van der Waals surface area contributed by atoms with Crippen LogP contribution in [0.5, 0.6) is 0 Å². The highest BCUT2D eigenvalue weighted by Gasteiger charge is 2.25. The van der Waals surface area contributed by atoms with Gasteiger partial charge in [-0.2, -0.15) is 0 Å². The molecule has 2 heteroatoms. The lowest BCUT2D eigenvalue weighted by Crippen LogP contribution is -2.31. The minimum absolute atomic E-state index is 0.224. The summed E-state index contributed by atoms with van der Waals surface area (Å²) in [5.41, 5.74) is 0.437. The maximum Gasteiger partial charge on any atom is 0.193 e. The van der Waals surface area contributed by atoms with Crippen molar-refractivity contribution in [1.29, 1.82) is 0 Å². The highest BCUT2D eigenvalue weighted by atomic mass is 16.3. The number of ketones is 1. The van der Waals surface area contributed by atoms with Crippen LogP contribution in [-0.4, -0.2) is 16.5 Å². The SMILES string of the molecule is CC(C)Cc1cccc(C(=O)C(C)(C)O)c1. The molecule has 0 radical (unpaired) electrons. The summed E-state index contributed by atoms with van der Waals surface area (Å²) in [6.45, 7) is 7.32. The molecule has 1 N–H and O–H groups in total. The molecule has 0 amide bonds. The zero-order valence-corrected chi connectivity index (χ0v) is 10.4. The van der Waals surface area contributed by atoms with E-state index >= 15 is 0 Å². The topological polar surface area (TPSA) is 37.3 Å². The van der Waals surface area contributed by atoms with Crippen LogP contribution in [0.15, 0.2) is 24.3 Å². The van der Waals surface area contributed by atoms with Gasteiger partial charge in [0, 0.05) is 5.56 Å². The number of carbonyl (C=O) groups is 1. The zero-order chi connectivity index (χ0) is 12.3. The molecular weight excluding hydrogens is 200 g/mol. The summed E-state index contributed by atoms with van der Waals surface area (Å²) >= 11 is 0. The molecule has 0 atom stereocenters. The summed E-state index contributed by atoms with van der Waals surface area (Å²) in [7, 11) is 0. The average Bonchev–Trinajstić information content (AvgIpc) is 2.14. The van der Waals surface area contributed by atoms with Crippen molar-refractivity contribution in [2.45, 2.75) is 39.7 Å². The maximum absolute atomic E-state index is 11.9. The molecule has 0 fully saturated rings. The maximum atomic E-state index is 11.9. The summed E-state index contributed by atoms with van der Waals surface area (Å²) in [4.78, 5) is 11.9. The Balaban J connectivity index is 2.95. The Bertz CT molecular complexity index is 373. The molecule has 1 rings (SSSR count). The summed E-state index contributed by atoms with van der Waals surface area (Å²) in [6.07, 6.45) is 0.951. The van der Waals surface area contributed by atoms with Gasteiger partial charge in [0.15, 0.2) is 5.78 Å². The first-order chi connectivity index (χ1) is 7.30. The van der Waals surface area contributed by atoms with Crippen LogP contribution in [0, 0.1) is 5.92 Å². The minimum Gasteiger partial charge on any atom is -0.382 e. The molecule has 0 unspecified atom stereocenters. The molecule has 0 spiro atoms. The van der Waals surface area contributed by atoms with E-state index in [4.69, 9.17) is 0 Å². The molecule has 0 bridgehead atoms. The van der Waals surface area contributed by atoms with Gasteiger partial charge in [-0.1, -0.05) is 32.0 Å². The quantitative estimate of drug-likeness (QED) is 0.792. The smallest absolute Gasteiger partial charge is 0.193 e. The summed E-state index contributed by atoms with van der Waals surface area (Å²) in [5, 5.41) is 9.66. The average molecular weight is 220 g/mol. The standard InChI is InChI=1S/C14H20O2/c1-10(2)8-11-6-5-7-12(9-11)13(15)14(3,4)16/h5-7,9-10,16H,8H2,1-4H3. The predicted molar refractivity (Wildman–Crippen MR) is 65.6 cm³/mol. The third-order valence-electron chi connectivity index (χ3n) is 2.39. The van der Waals surface area contributed by atoms with Crippen LogP contribution in [0.4, 0.5) is 0 Å². The molecule has 0 aliphatic rings. The van der Waals surface area contributed by atoms with Gasteiger partial charge in [0.25, 0.3) is 0 Å². The number of aliphatic hydroxyl groups is 1. The van der Waals surface area contributed by atoms with Crippen molar-refractivity contribution in [3.63, 3.8) is 0 Å². The van der Waals surface area contributed by atoms with Crippen LogP contribution in [0.25, 0.3) is 0 Å². The number of Topliss-reactive ketones (excluding diaryl/α,β-unsaturated/α-hetero) is 1. The lowest BCUT2D eigenvalue weighted by Gasteiger charge is -2.16. The molecule has 0 saturated carbocycles. The van der Waals surface area contributed by atoms with Gasteiger partial charge in [-0.05, 0) is 37.8 Å². The first-order valence-electron chi connectivity index (χ1n) is 5.67. The van der Waals surface area contributed by atoms with Gasteiger partial charge in [0.05, 0.1) is 0 Å². The third kappa shape index (κ3) is 3.46. The highest BCUT2D eigenvalue weighted by molar-refractivity contribution is 6.01. The monoisotopic (exact) mass is 220 g/mol. The Labute approximate surface area is 97.3 Å². The lowest BCUT2D eigenvalue weighted by molar-refractivity contribution is 0.0488. The predicted octanol–water partition coefficient (Wildman–Crippen LogP) is 2.84.